The van der Waals surface area contributed by atoms with Crippen molar-refractivity contribution in [1.82, 2.24) is 19.3 Å². The largest absolute Gasteiger partial charge is 0.479 e. The zero-order valence-corrected chi connectivity index (χ0v) is 19.1. The molecule has 36 heavy (non-hydrogen) atoms. The van der Waals surface area contributed by atoms with Crippen LogP contribution >= 0.6 is 0 Å². The van der Waals surface area contributed by atoms with Crippen LogP contribution < -0.4 is 4.90 Å². The van der Waals surface area contributed by atoms with E-state index in [1.165, 1.54) is 24.7 Å². The highest BCUT2D eigenvalue weighted by Crippen LogP contribution is 2.36. The lowest BCUT2D eigenvalue weighted by Crippen LogP contribution is -2.37. The molecule has 0 amide bonds. The van der Waals surface area contributed by atoms with Crippen molar-refractivity contribution in [2.45, 2.75) is 25.2 Å². The van der Waals surface area contributed by atoms with E-state index < -0.39 is 29.8 Å². The maximum atomic E-state index is 15.3. The summed E-state index contributed by atoms with van der Waals surface area (Å²) in [6.07, 6.45) is 1.68. The second-order valence-electron chi connectivity index (χ2n) is 9.01. The van der Waals surface area contributed by atoms with Gasteiger partial charge in [-0.2, -0.15) is 5.10 Å². The summed E-state index contributed by atoms with van der Waals surface area (Å²) in [5.41, 5.74) is 2.16. The Hall–Kier alpha value is -3.86. The average Bonchev–Trinajstić information content (AvgIpc) is 3.54. The first-order valence-electron chi connectivity index (χ1n) is 11.6. The van der Waals surface area contributed by atoms with Gasteiger partial charge < -0.3 is 19.3 Å². The van der Waals surface area contributed by atoms with Gasteiger partial charge in [-0.15, -0.1) is 0 Å². The van der Waals surface area contributed by atoms with Crippen molar-refractivity contribution in [3.63, 3.8) is 0 Å². The lowest BCUT2D eigenvalue weighted by atomic mass is 10.0. The van der Waals surface area contributed by atoms with Gasteiger partial charge in [0.2, 0.25) is 0 Å². The number of benzene rings is 2. The summed E-state index contributed by atoms with van der Waals surface area (Å²) in [7, 11) is 0. The van der Waals surface area contributed by atoms with E-state index in [1.807, 2.05) is 4.90 Å². The van der Waals surface area contributed by atoms with Gasteiger partial charge >= 0.3 is 5.97 Å². The number of aliphatic carboxylic acids is 1. The molecule has 1 fully saturated rings. The Morgan fingerprint density at radius 1 is 1.17 bits per heavy atom. The SMILES string of the molecule is O=C(O)C(c1ncn2c1CC(F)C2)n1cc2c(F)cc(-c3cccc(F)c3N3CCOCC3)cc2n1. The maximum absolute atomic E-state index is 15.3. The van der Waals surface area contributed by atoms with Crippen LogP contribution in [-0.4, -0.2) is 62.9 Å². The summed E-state index contributed by atoms with van der Waals surface area (Å²) in [5.74, 6) is -2.29. The third-order valence-corrected chi connectivity index (χ3v) is 6.76. The molecule has 11 heteroatoms. The van der Waals surface area contributed by atoms with E-state index in [1.54, 1.807) is 22.8 Å². The van der Waals surface area contributed by atoms with Gasteiger partial charge in [-0.1, -0.05) is 12.1 Å². The predicted octanol–water partition coefficient (Wildman–Crippen LogP) is 3.58. The molecular weight excluding hydrogens is 475 g/mol. The summed E-state index contributed by atoms with van der Waals surface area (Å²) in [5, 5.41) is 14.5. The van der Waals surface area contributed by atoms with E-state index in [0.29, 0.717) is 48.8 Å². The molecule has 2 unspecified atom stereocenters. The molecule has 0 bridgehead atoms. The minimum atomic E-state index is -1.35. The lowest BCUT2D eigenvalue weighted by Gasteiger charge is -2.31. The van der Waals surface area contributed by atoms with E-state index >= 15 is 4.39 Å². The molecule has 6 rings (SSSR count). The highest BCUT2D eigenvalue weighted by molar-refractivity contribution is 5.89. The molecule has 2 aliphatic heterocycles. The molecule has 0 radical (unpaired) electrons. The molecule has 2 aliphatic rings. The van der Waals surface area contributed by atoms with Gasteiger partial charge in [0.15, 0.2) is 6.04 Å². The average molecular weight is 497 g/mol. The number of carboxylic acids is 1. The molecule has 4 aromatic rings. The van der Waals surface area contributed by atoms with Crippen molar-refractivity contribution < 1.29 is 27.8 Å². The van der Waals surface area contributed by atoms with Crippen molar-refractivity contribution in [2.24, 2.45) is 0 Å². The second-order valence-corrected chi connectivity index (χ2v) is 9.01. The van der Waals surface area contributed by atoms with Crippen molar-refractivity contribution in [3.8, 4) is 11.1 Å². The Morgan fingerprint density at radius 3 is 2.75 bits per heavy atom. The zero-order valence-electron chi connectivity index (χ0n) is 19.1. The fourth-order valence-corrected chi connectivity index (χ4v) is 5.12. The van der Waals surface area contributed by atoms with Gasteiger partial charge in [0, 0.05) is 37.0 Å². The third kappa shape index (κ3) is 3.70. The number of anilines is 1. The van der Waals surface area contributed by atoms with Crippen LogP contribution in [0.3, 0.4) is 0 Å². The molecule has 2 aromatic carbocycles. The number of para-hydroxylation sites is 1. The smallest absolute Gasteiger partial charge is 0.334 e. The minimum Gasteiger partial charge on any atom is -0.479 e. The molecule has 0 saturated carbocycles. The first kappa shape index (κ1) is 22.6. The molecule has 1 saturated heterocycles. The third-order valence-electron chi connectivity index (χ3n) is 6.76. The van der Waals surface area contributed by atoms with Gasteiger partial charge in [0.05, 0.1) is 48.4 Å². The van der Waals surface area contributed by atoms with Crippen molar-refractivity contribution in [2.75, 3.05) is 31.2 Å². The van der Waals surface area contributed by atoms with Crippen LogP contribution in [0, 0.1) is 11.6 Å². The number of hydrogen-bond donors (Lipinski definition) is 1. The summed E-state index contributed by atoms with van der Waals surface area (Å²) in [4.78, 5) is 18.3. The number of imidazole rings is 1. The van der Waals surface area contributed by atoms with Gasteiger partial charge in [-0.25, -0.2) is 22.9 Å². The summed E-state index contributed by atoms with van der Waals surface area (Å²) in [6.45, 7) is 2.05. The van der Waals surface area contributed by atoms with Crippen molar-refractivity contribution in [1.29, 1.82) is 0 Å². The standard InChI is InChI=1S/C25H22F3N5O3/c26-15-10-21-22(29-13-32(21)11-15)24(25(34)35)33-12-17-19(28)8-14(9-20(17)30-33)16-2-1-3-18(27)23(16)31-4-6-36-7-5-31/h1-3,8-9,12-13,15,24H,4-7,10-11H2,(H,34,35). The molecule has 0 aliphatic carbocycles. The Bertz CT molecular complexity index is 1480. The first-order valence-corrected chi connectivity index (χ1v) is 11.6. The number of halogens is 3. The number of nitrogens with zero attached hydrogens (tertiary/aromatic N) is 5. The maximum Gasteiger partial charge on any atom is 0.334 e. The zero-order chi connectivity index (χ0) is 25.0. The normalized spacial score (nSPS) is 18.5. The van der Waals surface area contributed by atoms with Gasteiger partial charge in [0.25, 0.3) is 0 Å². The molecule has 2 atom stereocenters. The number of aromatic nitrogens is 4. The van der Waals surface area contributed by atoms with Gasteiger partial charge in [-0.3, -0.25) is 4.68 Å². The van der Waals surface area contributed by atoms with Crippen LogP contribution in [0.5, 0.6) is 0 Å². The topological polar surface area (TPSA) is 85.4 Å². The summed E-state index contributed by atoms with van der Waals surface area (Å²) in [6, 6.07) is 6.20. The van der Waals surface area contributed by atoms with Gasteiger partial charge in [0.1, 0.15) is 17.8 Å². The quantitative estimate of drug-likeness (QED) is 0.454. The Kier molecular flexibility index (Phi) is 5.44. The first-order chi connectivity index (χ1) is 17.4. The molecule has 186 valence electrons. The van der Waals surface area contributed by atoms with E-state index in [2.05, 4.69) is 10.1 Å². The molecule has 0 spiro atoms. The number of hydrogen-bond acceptors (Lipinski definition) is 5. The Balaban J connectivity index is 1.44. The van der Waals surface area contributed by atoms with Crippen LogP contribution in [0.15, 0.2) is 42.9 Å². The van der Waals surface area contributed by atoms with E-state index in [-0.39, 0.29) is 29.6 Å². The van der Waals surface area contributed by atoms with E-state index in [4.69, 9.17) is 4.74 Å². The van der Waals surface area contributed by atoms with E-state index in [0.717, 1.165) is 4.68 Å². The summed E-state index contributed by atoms with van der Waals surface area (Å²) < 4.78 is 52.3. The number of alkyl halides is 1. The van der Waals surface area contributed by atoms with Crippen LogP contribution in [0.2, 0.25) is 0 Å². The molecule has 8 nitrogen and oxygen atoms in total. The number of rotatable bonds is 5. The molecule has 1 N–H and O–H groups in total. The van der Waals surface area contributed by atoms with Crippen LogP contribution in [0.4, 0.5) is 18.9 Å². The monoisotopic (exact) mass is 497 g/mol. The predicted molar refractivity (Wildman–Crippen MR) is 125 cm³/mol. The summed E-state index contributed by atoms with van der Waals surface area (Å²) >= 11 is 0. The number of morpholine rings is 1. The van der Waals surface area contributed by atoms with Gasteiger partial charge in [-0.05, 0) is 23.8 Å². The van der Waals surface area contributed by atoms with E-state index in [9.17, 15) is 18.7 Å². The Labute approximate surface area is 203 Å². The van der Waals surface area contributed by atoms with Crippen LogP contribution in [0.25, 0.3) is 22.0 Å². The number of carbonyl (C=O) groups is 1. The Morgan fingerprint density at radius 2 is 1.97 bits per heavy atom. The second kappa shape index (κ2) is 8.66. The lowest BCUT2D eigenvalue weighted by molar-refractivity contribution is -0.139. The van der Waals surface area contributed by atoms with Crippen molar-refractivity contribution in [3.05, 3.63) is 65.9 Å². The van der Waals surface area contributed by atoms with Crippen LogP contribution in [0.1, 0.15) is 17.4 Å². The minimum absolute atomic E-state index is 0.0578. The molecule has 2 aromatic heterocycles. The number of carboxylic acid groups (broad SMARTS) is 1. The fraction of sp³-hybridized carbons (Fsp3) is 0.320. The number of ether oxygens (including phenoxy) is 1. The fourth-order valence-electron chi connectivity index (χ4n) is 5.12. The highest BCUT2D eigenvalue weighted by atomic mass is 19.1. The molecule has 4 heterocycles. The van der Waals surface area contributed by atoms with Crippen LogP contribution in [-0.2, 0) is 22.5 Å². The van der Waals surface area contributed by atoms with Crippen molar-refractivity contribution >= 4 is 22.6 Å². The highest BCUT2D eigenvalue weighted by Gasteiger charge is 2.34. The molecular formula is C25H22F3N5O3. The number of fused-ring (bicyclic) bond motifs is 2.